The first-order valence-corrected chi connectivity index (χ1v) is 6.54. The fourth-order valence-electron chi connectivity index (χ4n) is 2.18. The van der Waals surface area contributed by atoms with Gasteiger partial charge in [0.05, 0.1) is 30.8 Å². The molecular weight excluding hydrogens is 286 g/mol. The number of carbonyl (C=O) groups excluding carboxylic acids is 1. The molecular formula is C16H15NO5. The van der Waals surface area contributed by atoms with E-state index in [0.717, 1.165) is 0 Å². The van der Waals surface area contributed by atoms with Crippen LogP contribution in [-0.2, 0) is 11.2 Å². The summed E-state index contributed by atoms with van der Waals surface area (Å²) >= 11 is 0. The molecule has 6 heteroatoms. The van der Waals surface area contributed by atoms with Gasteiger partial charge in [0.25, 0.3) is 5.69 Å². The van der Waals surface area contributed by atoms with Crippen molar-refractivity contribution in [2.45, 2.75) is 6.42 Å². The molecule has 0 aliphatic heterocycles. The van der Waals surface area contributed by atoms with Gasteiger partial charge in [-0.25, -0.2) is 4.79 Å². The van der Waals surface area contributed by atoms with Crippen LogP contribution in [0.25, 0.3) is 0 Å². The number of methoxy groups -OCH3 is 2. The minimum atomic E-state index is -0.466. The highest BCUT2D eigenvalue weighted by Gasteiger charge is 2.18. The van der Waals surface area contributed by atoms with Crippen LogP contribution in [-0.4, -0.2) is 25.1 Å². The second kappa shape index (κ2) is 6.71. The standard InChI is InChI=1S/C16H15NO5/c1-21-13-8-7-12(15(10-13)17(19)20)9-11-5-3-4-6-14(11)16(18)22-2/h3-8,10H,9H2,1-2H3. The Morgan fingerprint density at radius 3 is 2.50 bits per heavy atom. The maximum atomic E-state index is 11.8. The smallest absolute Gasteiger partial charge is 0.338 e. The Morgan fingerprint density at radius 1 is 1.14 bits per heavy atom. The third-order valence-corrected chi connectivity index (χ3v) is 3.29. The lowest BCUT2D eigenvalue weighted by molar-refractivity contribution is -0.385. The molecule has 114 valence electrons. The molecule has 0 radical (unpaired) electrons. The van der Waals surface area contributed by atoms with Crippen LogP contribution in [0, 0.1) is 10.1 Å². The first kappa shape index (κ1) is 15.5. The van der Waals surface area contributed by atoms with E-state index < -0.39 is 10.9 Å². The zero-order valence-electron chi connectivity index (χ0n) is 12.2. The molecule has 6 nitrogen and oxygen atoms in total. The molecule has 0 saturated heterocycles. The molecule has 2 aromatic rings. The average Bonchev–Trinajstić information content (AvgIpc) is 2.54. The highest BCUT2D eigenvalue weighted by atomic mass is 16.6. The average molecular weight is 301 g/mol. The number of hydrogen-bond acceptors (Lipinski definition) is 5. The van der Waals surface area contributed by atoms with E-state index in [1.165, 1.54) is 20.3 Å². The van der Waals surface area contributed by atoms with Gasteiger partial charge < -0.3 is 9.47 Å². The van der Waals surface area contributed by atoms with Crippen LogP contribution in [0.1, 0.15) is 21.5 Å². The van der Waals surface area contributed by atoms with E-state index in [1.807, 2.05) is 0 Å². The number of benzene rings is 2. The molecule has 0 bridgehead atoms. The molecule has 0 saturated carbocycles. The van der Waals surface area contributed by atoms with Gasteiger partial charge in [-0.15, -0.1) is 0 Å². The monoisotopic (exact) mass is 301 g/mol. The number of carbonyl (C=O) groups is 1. The summed E-state index contributed by atoms with van der Waals surface area (Å²) in [5.41, 5.74) is 1.53. The predicted octanol–water partition coefficient (Wildman–Crippen LogP) is 2.98. The molecule has 0 aliphatic carbocycles. The zero-order chi connectivity index (χ0) is 16.1. The second-order valence-electron chi connectivity index (χ2n) is 4.58. The van der Waals surface area contributed by atoms with Crippen LogP contribution in [0.15, 0.2) is 42.5 Å². The number of nitrogens with zero attached hydrogens (tertiary/aromatic N) is 1. The summed E-state index contributed by atoms with van der Waals surface area (Å²) in [6, 6.07) is 11.5. The van der Waals surface area contributed by atoms with Gasteiger partial charge in [-0.3, -0.25) is 10.1 Å². The molecule has 0 unspecified atom stereocenters. The fourth-order valence-corrected chi connectivity index (χ4v) is 2.18. The first-order valence-electron chi connectivity index (χ1n) is 6.54. The minimum Gasteiger partial charge on any atom is -0.497 e. The van der Waals surface area contributed by atoms with Crippen LogP contribution in [0.3, 0.4) is 0 Å². The van der Waals surface area contributed by atoms with Crippen molar-refractivity contribution in [2.24, 2.45) is 0 Å². The molecule has 0 fully saturated rings. The molecule has 0 amide bonds. The molecule has 0 spiro atoms. The van der Waals surface area contributed by atoms with E-state index >= 15 is 0 Å². The minimum absolute atomic E-state index is 0.0426. The Morgan fingerprint density at radius 2 is 1.86 bits per heavy atom. The SMILES string of the molecule is COC(=O)c1ccccc1Cc1ccc(OC)cc1[N+](=O)[O-]. The van der Waals surface area contributed by atoms with E-state index in [4.69, 9.17) is 9.47 Å². The van der Waals surface area contributed by atoms with Crippen molar-refractivity contribution >= 4 is 11.7 Å². The molecule has 0 aliphatic rings. The normalized spacial score (nSPS) is 10.1. The van der Waals surface area contributed by atoms with Crippen LogP contribution >= 0.6 is 0 Å². The summed E-state index contributed by atoms with van der Waals surface area (Å²) in [7, 11) is 2.75. The van der Waals surface area contributed by atoms with E-state index in [1.54, 1.807) is 36.4 Å². The fraction of sp³-hybridized carbons (Fsp3) is 0.188. The lowest BCUT2D eigenvalue weighted by Gasteiger charge is -2.09. The number of hydrogen-bond donors (Lipinski definition) is 0. The van der Waals surface area contributed by atoms with Gasteiger partial charge in [-0.2, -0.15) is 0 Å². The number of ether oxygens (including phenoxy) is 2. The van der Waals surface area contributed by atoms with Crippen LogP contribution in [0.2, 0.25) is 0 Å². The highest BCUT2D eigenvalue weighted by Crippen LogP contribution is 2.27. The summed E-state index contributed by atoms with van der Waals surface area (Å²) in [6.07, 6.45) is 0.256. The van der Waals surface area contributed by atoms with E-state index in [9.17, 15) is 14.9 Å². The molecule has 2 aromatic carbocycles. The van der Waals surface area contributed by atoms with Crippen LogP contribution < -0.4 is 4.74 Å². The lowest BCUT2D eigenvalue weighted by atomic mass is 9.98. The first-order chi connectivity index (χ1) is 10.6. The van der Waals surface area contributed by atoms with Gasteiger partial charge >= 0.3 is 5.97 Å². The maximum Gasteiger partial charge on any atom is 0.338 e. The summed E-state index contributed by atoms with van der Waals surface area (Å²) < 4.78 is 9.75. The van der Waals surface area contributed by atoms with Crippen molar-refractivity contribution in [1.82, 2.24) is 0 Å². The van der Waals surface area contributed by atoms with Gasteiger partial charge in [0.1, 0.15) is 5.75 Å². The number of esters is 1. The quantitative estimate of drug-likeness (QED) is 0.482. The molecule has 2 rings (SSSR count). The van der Waals surface area contributed by atoms with E-state index in [2.05, 4.69) is 0 Å². The summed E-state index contributed by atoms with van der Waals surface area (Å²) in [5, 5.41) is 11.2. The van der Waals surface area contributed by atoms with Gasteiger partial charge in [0, 0.05) is 12.0 Å². The summed E-state index contributed by atoms with van der Waals surface area (Å²) in [4.78, 5) is 22.5. The van der Waals surface area contributed by atoms with Gasteiger partial charge in [-0.1, -0.05) is 18.2 Å². The van der Waals surface area contributed by atoms with Crippen molar-refractivity contribution in [3.05, 3.63) is 69.3 Å². The summed E-state index contributed by atoms with van der Waals surface area (Å²) in [5.74, 6) is -0.0523. The Labute approximate surface area is 127 Å². The van der Waals surface area contributed by atoms with Crippen molar-refractivity contribution in [2.75, 3.05) is 14.2 Å². The Balaban J connectivity index is 2.43. The highest BCUT2D eigenvalue weighted by molar-refractivity contribution is 5.91. The third kappa shape index (κ3) is 3.22. The number of nitro benzene ring substituents is 1. The topological polar surface area (TPSA) is 78.7 Å². The van der Waals surface area contributed by atoms with Crippen LogP contribution in [0.4, 0.5) is 5.69 Å². The number of rotatable bonds is 5. The maximum absolute atomic E-state index is 11.8. The number of nitro groups is 1. The van der Waals surface area contributed by atoms with Gasteiger partial charge in [-0.05, 0) is 23.8 Å². The van der Waals surface area contributed by atoms with Crippen molar-refractivity contribution in [1.29, 1.82) is 0 Å². The molecule has 0 N–H and O–H groups in total. The van der Waals surface area contributed by atoms with Crippen molar-refractivity contribution < 1.29 is 19.2 Å². The van der Waals surface area contributed by atoms with Gasteiger partial charge in [0.15, 0.2) is 0 Å². The predicted molar refractivity (Wildman–Crippen MR) is 80.2 cm³/mol. The van der Waals surface area contributed by atoms with Gasteiger partial charge in [0.2, 0.25) is 0 Å². The zero-order valence-corrected chi connectivity index (χ0v) is 12.2. The molecule has 0 aromatic heterocycles. The van der Waals surface area contributed by atoms with E-state index in [-0.39, 0.29) is 12.1 Å². The Kier molecular flexibility index (Phi) is 4.73. The largest absolute Gasteiger partial charge is 0.497 e. The molecule has 22 heavy (non-hydrogen) atoms. The molecule has 0 heterocycles. The molecule has 0 atom stereocenters. The Hall–Kier alpha value is -2.89. The van der Waals surface area contributed by atoms with Crippen molar-refractivity contribution in [3.8, 4) is 5.75 Å². The third-order valence-electron chi connectivity index (χ3n) is 3.29. The Bertz CT molecular complexity index is 711. The van der Waals surface area contributed by atoms with E-state index in [0.29, 0.717) is 22.4 Å². The van der Waals surface area contributed by atoms with Crippen LogP contribution in [0.5, 0.6) is 5.75 Å². The second-order valence-corrected chi connectivity index (χ2v) is 4.58. The summed E-state index contributed by atoms with van der Waals surface area (Å²) in [6.45, 7) is 0. The lowest BCUT2D eigenvalue weighted by Crippen LogP contribution is -2.07. The van der Waals surface area contributed by atoms with Crippen molar-refractivity contribution in [3.63, 3.8) is 0 Å².